The van der Waals surface area contributed by atoms with Crippen LogP contribution in [0.4, 0.5) is 0 Å². The van der Waals surface area contributed by atoms with Crippen molar-refractivity contribution in [2.75, 3.05) is 20.3 Å². The molecule has 2 rings (SSSR count). The fourth-order valence-electron chi connectivity index (χ4n) is 2.80. The molecule has 0 saturated heterocycles. The van der Waals surface area contributed by atoms with Crippen molar-refractivity contribution < 1.29 is 9.53 Å². The first-order chi connectivity index (χ1) is 10.0. The molecule has 4 heteroatoms. The van der Waals surface area contributed by atoms with Crippen LogP contribution in [0.15, 0.2) is 24.3 Å². The van der Waals surface area contributed by atoms with Crippen LogP contribution in [0, 0.1) is 5.92 Å². The van der Waals surface area contributed by atoms with Gasteiger partial charge in [0.25, 0.3) is 0 Å². The Labute approximate surface area is 132 Å². The molecule has 1 aliphatic carbocycles. The number of ether oxygens (including phenoxy) is 1. The highest BCUT2D eigenvalue weighted by Crippen LogP contribution is 2.36. The number of Topliss-reactive ketones (excluding diaryl/α,β-unsaturated/α-hetero) is 1. The molecule has 0 bridgehead atoms. The van der Waals surface area contributed by atoms with Crippen LogP contribution in [-0.4, -0.2) is 43.0 Å². The Morgan fingerprint density at radius 3 is 2.48 bits per heavy atom. The van der Waals surface area contributed by atoms with Crippen molar-refractivity contribution >= 4 is 17.4 Å². The van der Waals surface area contributed by atoms with E-state index in [9.17, 15) is 4.79 Å². The Hall–Kier alpha value is -0.900. The minimum atomic E-state index is -0.142. The van der Waals surface area contributed by atoms with E-state index in [0.717, 1.165) is 18.0 Å². The van der Waals surface area contributed by atoms with Crippen LogP contribution in [0.1, 0.15) is 37.0 Å². The Morgan fingerprint density at radius 2 is 1.95 bits per heavy atom. The largest absolute Gasteiger partial charge is 0.383 e. The minimum Gasteiger partial charge on any atom is -0.383 e. The molecule has 1 aromatic carbocycles. The highest BCUT2D eigenvalue weighted by molar-refractivity contribution is 6.30. The topological polar surface area (TPSA) is 29.5 Å². The molecular formula is C17H24ClNO2. The van der Waals surface area contributed by atoms with E-state index in [-0.39, 0.29) is 11.8 Å². The second-order valence-electron chi connectivity index (χ2n) is 5.86. The van der Waals surface area contributed by atoms with Crippen molar-refractivity contribution in [2.24, 2.45) is 5.92 Å². The summed E-state index contributed by atoms with van der Waals surface area (Å²) in [5.41, 5.74) is 0.720. The van der Waals surface area contributed by atoms with Gasteiger partial charge in [-0.2, -0.15) is 0 Å². The predicted molar refractivity (Wildman–Crippen MR) is 86.0 cm³/mol. The van der Waals surface area contributed by atoms with Gasteiger partial charge in [-0.3, -0.25) is 9.69 Å². The molecular weight excluding hydrogens is 286 g/mol. The van der Waals surface area contributed by atoms with Gasteiger partial charge in [0, 0.05) is 30.3 Å². The number of rotatable bonds is 8. The Bertz CT molecular complexity index is 470. The van der Waals surface area contributed by atoms with E-state index in [0.29, 0.717) is 17.7 Å². The molecule has 21 heavy (non-hydrogen) atoms. The van der Waals surface area contributed by atoms with Gasteiger partial charge >= 0.3 is 0 Å². The highest BCUT2D eigenvalue weighted by atomic mass is 35.5. The van der Waals surface area contributed by atoms with Crippen LogP contribution in [0.3, 0.4) is 0 Å². The standard InChI is InChI=1S/C17H24ClNO2/c1-12(14-4-5-14)19(10-11-21-3)13(2)17(20)15-6-8-16(18)9-7-15/h6-9,12-14H,4-5,10-11H2,1-3H3. The number of hydrogen-bond donors (Lipinski definition) is 0. The number of carbonyl (C=O) groups excluding carboxylic acids is 1. The molecule has 0 amide bonds. The summed E-state index contributed by atoms with van der Waals surface area (Å²) in [7, 11) is 1.70. The van der Waals surface area contributed by atoms with Gasteiger partial charge in [-0.1, -0.05) is 11.6 Å². The van der Waals surface area contributed by atoms with Gasteiger partial charge in [-0.05, 0) is 56.9 Å². The molecule has 1 aromatic rings. The number of hydrogen-bond acceptors (Lipinski definition) is 3. The second kappa shape index (κ2) is 7.39. The molecule has 1 fully saturated rings. The summed E-state index contributed by atoms with van der Waals surface area (Å²) in [6, 6.07) is 7.43. The Morgan fingerprint density at radius 1 is 1.33 bits per heavy atom. The minimum absolute atomic E-state index is 0.142. The molecule has 2 unspecified atom stereocenters. The number of halogens is 1. The lowest BCUT2D eigenvalue weighted by Gasteiger charge is -2.33. The van der Waals surface area contributed by atoms with E-state index >= 15 is 0 Å². The second-order valence-corrected chi connectivity index (χ2v) is 6.29. The lowest BCUT2D eigenvalue weighted by atomic mass is 10.0. The summed E-state index contributed by atoms with van der Waals surface area (Å²) in [5.74, 6) is 0.873. The molecule has 0 N–H and O–H groups in total. The molecule has 0 radical (unpaired) electrons. The first kappa shape index (κ1) is 16.5. The van der Waals surface area contributed by atoms with Crippen molar-refractivity contribution in [3.8, 4) is 0 Å². The average Bonchev–Trinajstić information content (AvgIpc) is 3.32. The molecule has 1 aliphatic rings. The van der Waals surface area contributed by atoms with Crippen molar-refractivity contribution in [2.45, 2.75) is 38.8 Å². The highest BCUT2D eigenvalue weighted by Gasteiger charge is 2.35. The molecule has 1 saturated carbocycles. The summed E-state index contributed by atoms with van der Waals surface area (Å²) in [6.45, 7) is 5.65. The van der Waals surface area contributed by atoms with Crippen LogP contribution >= 0.6 is 11.6 Å². The van der Waals surface area contributed by atoms with Gasteiger partial charge in [0.05, 0.1) is 12.6 Å². The summed E-state index contributed by atoms with van der Waals surface area (Å²) >= 11 is 5.89. The molecule has 0 aliphatic heterocycles. The molecule has 2 atom stereocenters. The lowest BCUT2D eigenvalue weighted by molar-refractivity contribution is 0.0640. The van der Waals surface area contributed by atoms with Crippen LogP contribution in [0.2, 0.25) is 5.02 Å². The molecule has 116 valence electrons. The molecule has 0 spiro atoms. The Balaban J connectivity index is 2.09. The van der Waals surface area contributed by atoms with Crippen LogP contribution in [0.25, 0.3) is 0 Å². The van der Waals surface area contributed by atoms with E-state index in [1.54, 1.807) is 31.4 Å². The number of methoxy groups -OCH3 is 1. The predicted octanol–water partition coefficient (Wildman–Crippen LogP) is 3.66. The van der Waals surface area contributed by atoms with Crippen molar-refractivity contribution in [3.05, 3.63) is 34.9 Å². The third-order valence-corrected chi connectivity index (χ3v) is 4.64. The SMILES string of the molecule is COCCN(C(C)C(=O)c1ccc(Cl)cc1)C(C)C1CC1. The maximum atomic E-state index is 12.7. The monoisotopic (exact) mass is 309 g/mol. The van der Waals surface area contributed by atoms with E-state index in [1.165, 1.54) is 12.8 Å². The maximum Gasteiger partial charge on any atom is 0.179 e. The number of ketones is 1. The number of carbonyl (C=O) groups is 1. The fraction of sp³-hybridized carbons (Fsp3) is 0.588. The fourth-order valence-corrected chi connectivity index (χ4v) is 2.93. The summed E-state index contributed by atoms with van der Waals surface area (Å²) < 4.78 is 5.20. The first-order valence-electron chi connectivity index (χ1n) is 7.59. The molecule has 0 heterocycles. The van der Waals surface area contributed by atoms with Crippen molar-refractivity contribution in [1.29, 1.82) is 0 Å². The zero-order valence-corrected chi connectivity index (χ0v) is 13.8. The van der Waals surface area contributed by atoms with Crippen LogP contribution < -0.4 is 0 Å². The van der Waals surface area contributed by atoms with Crippen LogP contribution in [-0.2, 0) is 4.74 Å². The number of benzene rings is 1. The molecule has 0 aromatic heterocycles. The quantitative estimate of drug-likeness (QED) is 0.686. The van der Waals surface area contributed by atoms with E-state index < -0.39 is 0 Å². The maximum absolute atomic E-state index is 12.7. The number of nitrogens with zero attached hydrogens (tertiary/aromatic N) is 1. The third-order valence-electron chi connectivity index (χ3n) is 4.39. The lowest BCUT2D eigenvalue weighted by Crippen LogP contribution is -2.47. The summed E-state index contributed by atoms with van der Waals surface area (Å²) in [6.07, 6.45) is 2.54. The zero-order valence-electron chi connectivity index (χ0n) is 13.0. The van der Waals surface area contributed by atoms with Gasteiger partial charge in [0.1, 0.15) is 0 Å². The van der Waals surface area contributed by atoms with E-state index in [4.69, 9.17) is 16.3 Å². The summed E-state index contributed by atoms with van der Waals surface area (Å²) in [4.78, 5) is 15.0. The van der Waals surface area contributed by atoms with Gasteiger partial charge in [0.2, 0.25) is 0 Å². The van der Waals surface area contributed by atoms with Gasteiger partial charge in [-0.15, -0.1) is 0 Å². The summed E-state index contributed by atoms with van der Waals surface area (Å²) in [5, 5.41) is 0.654. The normalized spacial score (nSPS) is 17.8. The van der Waals surface area contributed by atoms with Gasteiger partial charge in [-0.25, -0.2) is 0 Å². The van der Waals surface area contributed by atoms with Crippen molar-refractivity contribution in [3.63, 3.8) is 0 Å². The third kappa shape index (κ3) is 4.29. The van der Waals surface area contributed by atoms with E-state index in [2.05, 4.69) is 11.8 Å². The first-order valence-corrected chi connectivity index (χ1v) is 7.97. The molecule has 3 nitrogen and oxygen atoms in total. The van der Waals surface area contributed by atoms with Crippen molar-refractivity contribution in [1.82, 2.24) is 4.90 Å². The average molecular weight is 310 g/mol. The van der Waals surface area contributed by atoms with Gasteiger partial charge in [0.15, 0.2) is 5.78 Å². The Kier molecular flexibility index (Phi) is 5.80. The van der Waals surface area contributed by atoms with Crippen LogP contribution in [0.5, 0.6) is 0 Å². The zero-order chi connectivity index (χ0) is 15.4. The van der Waals surface area contributed by atoms with E-state index in [1.807, 2.05) is 6.92 Å². The van der Waals surface area contributed by atoms with Gasteiger partial charge < -0.3 is 4.74 Å². The smallest absolute Gasteiger partial charge is 0.179 e.